The lowest BCUT2D eigenvalue weighted by molar-refractivity contribution is 0.756. The molecular formula is C11H13ClN4. The van der Waals surface area contributed by atoms with E-state index in [1.165, 1.54) is 0 Å². The standard InChI is InChI=1S/C11H13ClN4/c1-8-11(7-16(2)15-8)14-5-9-3-4-13-6-10(9)12/h3-4,6-7,14H,5H2,1-2H3. The molecule has 84 valence electrons. The van der Waals surface area contributed by atoms with Crippen molar-refractivity contribution < 1.29 is 0 Å². The van der Waals surface area contributed by atoms with E-state index >= 15 is 0 Å². The molecule has 5 heteroatoms. The van der Waals surface area contributed by atoms with Crippen LogP contribution in [0.3, 0.4) is 0 Å². The molecule has 0 aromatic carbocycles. The number of halogens is 1. The van der Waals surface area contributed by atoms with Crippen LogP contribution >= 0.6 is 11.6 Å². The van der Waals surface area contributed by atoms with Crippen LogP contribution in [0.4, 0.5) is 5.69 Å². The second-order valence-electron chi connectivity index (χ2n) is 3.62. The molecule has 0 fully saturated rings. The first kappa shape index (κ1) is 11.0. The summed E-state index contributed by atoms with van der Waals surface area (Å²) >= 11 is 6.01. The molecule has 0 spiro atoms. The van der Waals surface area contributed by atoms with E-state index in [2.05, 4.69) is 15.4 Å². The third-order valence-electron chi connectivity index (χ3n) is 2.34. The molecule has 2 aromatic rings. The van der Waals surface area contributed by atoms with Gasteiger partial charge in [0.05, 0.1) is 16.4 Å². The van der Waals surface area contributed by atoms with Crippen molar-refractivity contribution in [3.05, 3.63) is 40.9 Å². The fourth-order valence-corrected chi connectivity index (χ4v) is 1.70. The smallest absolute Gasteiger partial charge is 0.0825 e. The summed E-state index contributed by atoms with van der Waals surface area (Å²) < 4.78 is 1.78. The molecule has 2 heterocycles. The zero-order valence-corrected chi connectivity index (χ0v) is 9.99. The van der Waals surface area contributed by atoms with Crippen LogP contribution in [0.15, 0.2) is 24.7 Å². The van der Waals surface area contributed by atoms with Crippen LogP contribution < -0.4 is 5.32 Å². The second-order valence-corrected chi connectivity index (χ2v) is 4.03. The van der Waals surface area contributed by atoms with Crippen molar-refractivity contribution in [2.75, 3.05) is 5.32 Å². The highest BCUT2D eigenvalue weighted by molar-refractivity contribution is 6.31. The van der Waals surface area contributed by atoms with Gasteiger partial charge in [0.2, 0.25) is 0 Å². The summed E-state index contributed by atoms with van der Waals surface area (Å²) in [7, 11) is 1.90. The minimum atomic E-state index is 0.674. The van der Waals surface area contributed by atoms with Crippen molar-refractivity contribution in [2.45, 2.75) is 13.5 Å². The predicted molar refractivity (Wildman–Crippen MR) is 64.5 cm³/mol. The number of aryl methyl sites for hydroxylation is 2. The van der Waals surface area contributed by atoms with Gasteiger partial charge in [0.15, 0.2) is 0 Å². The van der Waals surface area contributed by atoms with Gasteiger partial charge < -0.3 is 5.32 Å². The molecule has 0 aliphatic heterocycles. The maximum absolute atomic E-state index is 6.01. The number of pyridine rings is 1. The summed E-state index contributed by atoms with van der Waals surface area (Å²) in [4.78, 5) is 3.95. The van der Waals surface area contributed by atoms with Gasteiger partial charge in [0.1, 0.15) is 0 Å². The molecule has 0 amide bonds. The lowest BCUT2D eigenvalue weighted by Gasteiger charge is -2.05. The quantitative estimate of drug-likeness (QED) is 0.890. The van der Waals surface area contributed by atoms with Crippen molar-refractivity contribution in [1.29, 1.82) is 0 Å². The van der Waals surface area contributed by atoms with Gasteiger partial charge in [-0.1, -0.05) is 11.6 Å². The second kappa shape index (κ2) is 4.53. The van der Waals surface area contributed by atoms with E-state index in [4.69, 9.17) is 11.6 Å². The van der Waals surface area contributed by atoms with Crippen LogP contribution in [-0.2, 0) is 13.6 Å². The molecule has 0 saturated heterocycles. The first-order valence-electron chi connectivity index (χ1n) is 4.99. The zero-order valence-electron chi connectivity index (χ0n) is 9.24. The summed E-state index contributed by atoms with van der Waals surface area (Å²) in [5, 5.41) is 8.23. The molecule has 0 radical (unpaired) electrons. The van der Waals surface area contributed by atoms with Crippen LogP contribution in [0, 0.1) is 6.92 Å². The van der Waals surface area contributed by atoms with E-state index in [-0.39, 0.29) is 0 Å². The first-order valence-corrected chi connectivity index (χ1v) is 5.37. The van der Waals surface area contributed by atoms with Crippen molar-refractivity contribution in [2.24, 2.45) is 7.05 Å². The Morgan fingerprint density at radius 2 is 2.31 bits per heavy atom. The third kappa shape index (κ3) is 2.33. The van der Waals surface area contributed by atoms with E-state index in [0.717, 1.165) is 16.9 Å². The number of nitrogens with zero attached hydrogens (tertiary/aromatic N) is 3. The monoisotopic (exact) mass is 236 g/mol. The molecule has 0 bridgehead atoms. The van der Waals surface area contributed by atoms with Gasteiger partial charge in [-0.25, -0.2) is 0 Å². The number of aromatic nitrogens is 3. The Labute approximate surface area is 99.3 Å². The molecule has 16 heavy (non-hydrogen) atoms. The van der Waals surface area contributed by atoms with Crippen LogP contribution in [0.1, 0.15) is 11.3 Å². The number of hydrogen-bond donors (Lipinski definition) is 1. The fourth-order valence-electron chi connectivity index (χ4n) is 1.51. The Kier molecular flexibility index (Phi) is 3.10. The molecule has 0 unspecified atom stereocenters. The lowest BCUT2D eigenvalue weighted by atomic mass is 10.2. The van der Waals surface area contributed by atoms with E-state index in [1.54, 1.807) is 17.1 Å². The van der Waals surface area contributed by atoms with Gasteiger partial charge in [-0.2, -0.15) is 5.10 Å². The maximum Gasteiger partial charge on any atom is 0.0825 e. The Balaban J connectivity index is 2.08. The molecule has 0 saturated carbocycles. The first-order chi connectivity index (χ1) is 7.66. The topological polar surface area (TPSA) is 42.7 Å². The highest BCUT2D eigenvalue weighted by Gasteiger charge is 2.03. The van der Waals surface area contributed by atoms with Crippen molar-refractivity contribution in [1.82, 2.24) is 14.8 Å². The average molecular weight is 237 g/mol. The fraction of sp³-hybridized carbons (Fsp3) is 0.273. The van der Waals surface area contributed by atoms with E-state index in [0.29, 0.717) is 11.6 Å². The Hall–Kier alpha value is -1.55. The van der Waals surface area contributed by atoms with Crippen LogP contribution in [0.2, 0.25) is 5.02 Å². The van der Waals surface area contributed by atoms with Gasteiger partial charge in [-0.3, -0.25) is 9.67 Å². The minimum absolute atomic E-state index is 0.674. The van der Waals surface area contributed by atoms with Gasteiger partial charge in [0, 0.05) is 32.2 Å². The maximum atomic E-state index is 6.01. The highest BCUT2D eigenvalue weighted by Crippen LogP contribution is 2.17. The largest absolute Gasteiger partial charge is 0.378 e. The zero-order chi connectivity index (χ0) is 11.5. The predicted octanol–water partition coefficient (Wildman–Crippen LogP) is 2.39. The third-order valence-corrected chi connectivity index (χ3v) is 2.68. The summed E-state index contributed by atoms with van der Waals surface area (Å²) in [6.45, 7) is 2.64. The normalized spacial score (nSPS) is 10.4. The molecule has 2 aromatic heterocycles. The Bertz CT molecular complexity index is 492. The summed E-state index contributed by atoms with van der Waals surface area (Å²) in [6.07, 6.45) is 5.33. The van der Waals surface area contributed by atoms with Gasteiger partial charge in [0.25, 0.3) is 0 Å². The number of rotatable bonds is 3. The van der Waals surface area contributed by atoms with E-state index in [1.807, 2.05) is 26.2 Å². The summed E-state index contributed by atoms with van der Waals surface area (Å²) in [6, 6.07) is 1.90. The molecule has 0 atom stereocenters. The molecule has 0 aliphatic carbocycles. The van der Waals surface area contributed by atoms with Crippen molar-refractivity contribution in [3.63, 3.8) is 0 Å². The number of anilines is 1. The molecule has 0 aliphatic rings. The Morgan fingerprint density at radius 3 is 2.94 bits per heavy atom. The van der Waals surface area contributed by atoms with Gasteiger partial charge in [-0.05, 0) is 18.6 Å². The van der Waals surface area contributed by atoms with Crippen LogP contribution in [-0.4, -0.2) is 14.8 Å². The average Bonchev–Trinajstić information content (AvgIpc) is 2.56. The van der Waals surface area contributed by atoms with Crippen LogP contribution in [0.5, 0.6) is 0 Å². The summed E-state index contributed by atoms with van der Waals surface area (Å²) in [5.74, 6) is 0. The Morgan fingerprint density at radius 1 is 1.50 bits per heavy atom. The molecule has 1 N–H and O–H groups in total. The molecule has 2 rings (SSSR count). The van der Waals surface area contributed by atoms with E-state index < -0.39 is 0 Å². The van der Waals surface area contributed by atoms with Gasteiger partial charge >= 0.3 is 0 Å². The lowest BCUT2D eigenvalue weighted by Crippen LogP contribution is -2.00. The number of nitrogens with one attached hydrogen (secondary N) is 1. The number of hydrogen-bond acceptors (Lipinski definition) is 3. The van der Waals surface area contributed by atoms with Crippen LogP contribution in [0.25, 0.3) is 0 Å². The van der Waals surface area contributed by atoms with Gasteiger partial charge in [-0.15, -0.1) is 0 Å². The minimum Gasteiger partial charge on any atom is -0.378 e. The SMILES string of the molecule is Cc1nn(C)cc1NCc1ccncc1Cl. The molecular weight excluding hydrogens is 224 g/mol. The van der Waals surface area contributed by atoms with Crippen molar-refractivity contribution >= 4 is 17.3 Å². The summed E-state index contributed by atoms with van der Waals surface area (Å²) in [5.41, 5.74) is 3.03. The molecule has 4 nitrogen and oxygen atoms in total. The van der Waals surface area contributed by atoms with E-state index in [9.17, 15) is 0 Å². The van der Waals surface area contributed by atoms with Crippen molar-refractivity contribution in [3.8, 4) is 0 Å². The highest BCUT2D eigenvalue weighted by atomic mass is 35.5.